The third kappa shape index (κ3) is 3.63. The molecular formula is C13H23N5O2S. The monoisotopic (exact) mass is 313 g/mol. The molecule has 2 fully saturated rings. The van der Waals surface area contributed by atoms with Crippen molar-refractivity contribution in [2.75, 3.05) is 39.8 Å². The molecule has 1 aliphatic carbocycles. The Bertz CT molecular complexity index is 559. The van der Waals surface area contributed by atoms with Crippen molar-refractivity contribution in [3.63, 3.8) is 0 Å². The van der Waals surface area contributed by atoms with Crippen molar-refractivity contribution >= 4 is 10.2 Å². The number of nitrogens with zero attached hydrogens (tertiary/aromatic N) is 4. The van der Waals surface area contributed by atoms with Gasteiger partial charge in [0.05, 0.1) is 0 Å². The first kappa shape index (κ1) is 15.0. The van der Waals surface area contributed by atoms with Gasteiger partial charge in [-0.15, -0.1) is 0 Å². The Balaban J connectivity index is 1.54. The number of piperazine rings is 1. The van der Waals surface area contributed by atoms with E-state index in [1.807, 2.05) is 24.0 Å². The normalized spacial score (nSPS) is 23.3. The third-order valence-corrected chi connectivity index (χ3v) is 6.00. The zero-order valence-corrected chi connectivity index (χ0v) is 13.2. The molecule has 0 spiro atoms. The fourth-order valence-corrected chi connectivity index (χ4v) is 3.98. The topological polar surface area (TPSA) is 70.5 Å². The summed E-state index contributed by atoms with van der Waals surface area (Å²) in [7, 11) is -1.34. The van der Waals surface area contributed by atoms with Gasteiger partial charge in [-0.05, 0) is 26.0 Å². The summed E-state index contributed by atoms with van der Waals surface area (Å²) in [6.07, 6.45) is 5.79. The Morgan fingerprint density at radius 3 is 2.52 bits per heavy atom. The van der Waals surface area contributed by atoms with Crippen LogP contribution in [0.3, 0.4) is 0 Å². The minimum atomic E-state index is -3.35. The van der Waals surface area contributed by atoms with Gasteiger partial charge in [0.25, 0.3) is 10.2 Å². The van der Waals surface area contributed by atoms with E-state index in [2.05, 4.69) is 14.7 Å². The molecule has 0 bridgehead atoms. The van der Waals surface area contributed by atoms with Crippen LogP contribution in [0.1, 0.15) is 12.8 Å². The first-order valence-electron chi connectivity index (χ1n) is 7.40. The van der Waals surface area contributed by atoms with Gasteiger partial charge in [0.15, 0.2) is 0 Å². The van der Waals surface area contributed by atoms with E-state index in [9.17, 15) is 8.42 Å². The van der Waals surface area contributed by atoms with E-state index < -0.39 is 10.2 Å². The lowest BCUT2D eigenvalue weighted by molar-refractivity contribution is 0.220. The quantitative estimate of drug-likeness (QED) is 0.786. The Labute approximate surface area is 126 Å². The fraction of sp³-hybridized carbons (Fsp3) is 0.769. The molecule has 0 amide bonds. The van der Waals surface area contributed by atoms with E-state index in [-0.39, 0.29) is 5.41 Å². The Morgan fingerprint density at radius 1 is 1.24 bits per heavy atom. The summed E-state index contributed by atoms with van der Waals surface area (Å²) in [4.78, 5) is 2.14. The molecular weight excluding hydrogens is 290 g/mol. The van der Waals surface area contributed by atoms with E-state index in [4.69, 9.17) is 0 Å². The van der Waals surface area contributed by atoms with E-state index >= 15 is 0 Å². The zero-order chi connectivity index (χ0) is 14.9. The van der Waals surface area contributed by atoms with Crippen LogP contribution in [0.5, 0.6) is 0 Å². The largest absolute Gasteiger partial charge is 0.304 e. The van der Waals surface area contributed by atoms with Crippen LogP contribution in [0.25, 0.3) is 0 Å². The van der Waals surface area contributed by atoms with Crippen LogP contribution in [-0.4, -0.2) is 67.2 Å². The highest BCUT2D eigenvalue weighted by atomic mass is 32.2. The summed E-state index contributed by atoms with van der Waals surface area (Å²) >= 11 is 0. The molecule has 118 valence electrons. The summed E-state index contributed by atoms with van der Waals surface area (Å²) in [5.74, 6) is 0. The minimum absolute atomic E-state index is 0.0473. The molecule has 1 N–H and O–H groups in total. The lowest BCUT2D eigenvalue weighted by Crippen LogP contribution is -2.51. The van der Waals surface area contributed by atoms with Gasteiger partial charge in [-0.25, -0.2) is 4.72 Å². The number of rotatable bonds is 6. The Morgan fingerprint density at radius 2 is 1.95 bits per heavy atom. The minimum Gasteiger partial charge on any atom is -0.304 e. The SMILES string of the molecule is CN1CCN(S(=O)(=O)NCC2(Cn3cccn3)CC2)CC1. The van der Waals surface area contributed by atoms with Crippen LogP contribution in [0.4, 0.5) is 0 Å². The number of hydrogen-bond donors (Lipinski definition) is 1. The van der Waals surface area contributed by atoms with Crippen molar-refractivity contribution in [1.29, 1.82) is 0 Å². The smallest absolute Gasteiger partial charge is 0.279 e. The van der Waals surface area contributed by atoms with Crippen molar-refractivity contribution < 1.29 is 8.42 Å². The molecule has 0 atom stereocenters. The highest BCUT2D eigenvalue weighted by Gasteiger charge is 2.44. The highest BCUT2D eigenvalue weighted by molar-refractivity contribution is 7.87. The van der Waals surface area contributed by atoms with Gasteiger partial charge in [0, 0.05) is 57.1 Å². The van der Waals surface area contributed by atoms with Gasteiger partial charge in [-0.2, -0.15) is 17.8 Å². The molecule has 21 heavy (non-hydrogen) atoms. The molecule has 7 nitrogen and oxygen atoms in total. The second-order valence-corrected chi connectivity index (χ2v) is 7.99. The second-order valence-electron chi connectivity index (χ2n) is 6.23. The van der Waals surface area contributed by atoms with Gasteiger partial charge in [-0.3, -0.25) is 4.68 Å². The average molecular weight is 313 g/mol. The summed E-state index contributed by atoms with van der Waals surface area (Å²) in [5, 5.41) is 4.21. The summed E-state index contributed by atoms with van der Waals surface area (Å²) in [6.45, 7) is 4.00. The standard InChI is InChI=1S/C13H23N5O2S/c1-16-7-9-18(10-8-16)21(19,20)15-11-13(3-4-13)12-17-6-2-5-14-17/h2,5-6,15H,3-4,7-12H2,1H3. The highest BCUT2D eigenvalue weighted by Crippen LogP contribution is 2.46. The van der Waals surface area contributed by atoms with Gasteiger partial charge >= 0.3 is 0 Å². The maximum atomic E-state index is 12.3. The molecule has 1 aliphatic heterocycles. The Hall–Kier alpha value is -0.960. The van der Waals surface area contributed by atoms with Crippen LogP contribution < -0.4 is 4.72 Å². The van der Waals surface area contributed by atoms with E-state index in [0.29, 0.717) is 19.6 Å². The number of aromatic nitrogens is 2. The molecule has 0 radical (unpaired) electrons. The fourth-order valence-electron chi connectivity index (χ4n) is 2.67. The van der Waals surface area contributed by atoms with Crippen LogP contribution in [0.2, 0.25) is 0 Å². The molecule has 2 heterocycles. The summed E-state index contributed by atoms with van der Waals surface area (Å²) in [6, 6.07) is 1.89. The van der Waals surface area contributed by atoms with Crippen molar-refractivity contribution in [3.8, 4) is 0 Å². The molecule has 1 aromatic heterocycles. The maximum Gasteiger partial charge on any atom is 0.279 e. The van der Waals surface area contributed by atoms with Gasteiger partial charge in [0.2, 0.25) is 0 Å². The zero-order valence-electron chi connectivity index (χ0n) is 12.4. The molecule has 1 saturated carbocycles. The van der Waals surface area contributed by atoms with E-state index in [1.165, 1.54) is 0 Å². The third-order valence-electron chi connectivity index (χ3n) is 4.45. The van der Waals surface area contributed by atoms with E-state index in [1.54, 1.807) is 10.5 Å². The van der Waals surface area contributed by atoms with E-state index in [0.717, 1.165) is 32.5 Å². The van der Waals surface area contributed by atoms with Crippen molar-refractivity contribution in [2.24, 2.45) is 5.41 Å². The van der Waals surface area contributed by atoms with Crippen LogP contribution in [0, 0.1) is 5.41 Å². The molecule has 8 heteroatoms. The molecule has 2 aliphatic rings. The van der Waals surface area contributed by atoms with Crippen LogP contribution in [-0.2, 0) is 16.8 Å². The van der Waals surface area contributed by atoms with Gasteiger partial charge in [-0.1, -0.05) is 0 Å². The maximum absolute atomic E-state index is 12.3. The van der Waals surface area contributed by atoms with Gasteiger partial charge < -0.3 is 4.90 Å². The van der Waals surface area contributed by atoms with Crippen LogP contribution in [0.15, 0.2) is 18.5 Å². The first-order valence-corrected chi connectivity index (χ1v) is 8.84. The van der Waals surface area contributed by atoms with Crippen molar-refractivity contribution in [3.05, 3.63) is 18.5 Å². The lowest BCUT2D eigenvalue weighted by atomic mass is 10.1. The van der Waals surface area contributed by atoms with Gasteiger partial charge in [0.1, 0.15) is 0 Å². The summed E-state index contributed by atoms with van der Waals surface area (Å²) in [5.41, 5.74) is 0.0473. The molecule has 3 rings (SSSR count). The molecule has 0 aromatic carbocycles. The number of likely N-dealkylation sites (N-methyl/N-ethyl adjacent to an activating group) is 1. The average Bonchev–Trinajstić information content (AvgIpc) is 3.02. The Kier molecular flexibility index (Phi) is 4.04. The van der Waals surface area contributed by atoms with Crippen molar-refractivity contribution in [2.45, 2.75) is 19.4 Å². The summed E-state index contributed by atoms with van der Waals surface area (Å²) < 4.78 is 30.9. The molecule has 1 saturated heterocycles. The molecule has 1 aromatic rings. The van der Waals surface area contributed by atoms with Crippen LogP contribution >= 0.6 is 0 Å². The second kappa shape index (κ2) is 5.68. The first-order chi connectivity index (χ1) is 9.99. The van der Waals surface area contributed by atoms with Crippen molar-refractivity contribution in [1.82, 2.24) is 23.7 Å². The molecule has 0 unspecified atom stereocenters. The number of hydrogen-bond acceptors (Lipinski definition) is 4. The predicted octanol–water partition coefficient (Wildman–Crippen LogP) is -0.255. The number of nitrogens with one attached hydrogen (secondary N) is 1. The predicted molar refractivity (Wildman–Crippen MR) is 79.9 cm³/mol. The lowest BCUT2D eigenvalue weighted by Gasteiger charge is -2.32.